The van der Waals surface area contributed by atoms with Crippen LogP contribution in [-0.4, -0.2) is 45.9 Å². The highest BCUT2D eigenvalue weighted by atomic mass is 16.2. The number of pyridine rings is 1. The summed E-state index contributed by atoms with van der Waals surface area (Å²) in [5.41, 5.74) is 2.60. The molecule has 0 unspecified atom stereocenters. The van der Waals surface area contributed by atoms with Crippen molar-refractivity contribution in [2.45, 2.75) is 25.4 Å². The van der Waals surface area contributed by atoms with Crippen LogP contribution in [0.4, 0.5) is 5.82 Å². The van der Waals surface area contributed by atoms with Crippen molar-refractivity contribution in [2.24, 2.45) is 0 Å². The van der Waals surface area contributed by atoms with Gasteiger partial charge in [-0.25, -0.2) is 9.97 Å². The molecule has 154 valence electrons. The van der Waals surface area contributed by atoms with Crippen molar-refractivity contribution in [3.05, 3.63) is 72.2 Å². The predicted molar refractivity (Wildman–Crippen MR) is 117 cm³/mol. The molecule has 0 saturated carbocycles. The maximum absolute atomic E-state index is 13.2. The van der Waals surface area contributed by atoms with Crippen LogP contribution in [0.25, 0.3) is 11.4 Å². The molecule has 2 aromatic heterocycles. The quantitative estimate of drug-likeness (QED) is 0.632. The molecule has 0 spiro atoms. The molecule has 0 bridgehead atoms. The molecule has 4 rings (SSSR count). The highest BCUT2D eigenvalue weighted by molar-refractivity contribution is 5.83. The summed E-state index contributed by atoms with van der Waals surface area (Å²) in [7, 11) is 1.82. The number of likely N-dealkylation sites (tertiary alicyclic amines) is 1. The van der Waals surface area contributed by atoms with Crippen molar-refractivity contribution in [1.82, 2.24) is 25.2 Å². The third-order valence-electron chi connectivity index (χ3n) is 5.27. The van der Waals surface area contributed by atoms with Gasteiger partial charge in [-0.1, -0.05) is 30.3 Å². The van der Waals surface area contributed by atoms with E-state index in [1.165, 1.54) is 0 Å². The molecule has 1 atom stereocenters. The zero-order valence-corrected chi connectivity index (χ0v) is 17.1. The Morgan fingerprint density at radius 1 is 1.10 bits per heavy atom. The van der Waals surface area contributed by atoms with Gasteiger partial charge in [-0.2, -0.15) is 0 Å². The summed E-state index contributed by atoms with van der Waals surface area (Å²) in [6.07, 6.45) is 5.70. The first-order chi connectivity index (χ1) is 14.7. The summed E-state index contributed by atoms with van der Waals surface area (Å²) in [5, 5.41) is 6.16. The standard InChI is InChI=1S/C23H26N6O/c1-24-20-14-19(27-22(28-20)18-10-7-11-25-15-18)16-26-23(30)21(29-12-5-6-13-29)17-8-3-2-4-9-17/h2-4,7-11,14-15,21H,5-6,12-13,16H2,1H3,(H,26,30)(H,24,27,28)/t21-/m1/s1. The molecule has 1 aliphatic rings. The number of nitrogens with zero attached hydrogens (tertiary/aromatic N) is 4. The van der Waals surface area contributed by atoms with Crippen molar-refractivity contribution in [3.8, 4) is 11.4 Å². The van der Waals surface area contributed by atoms with Crippen LogP contribution in [0, 0.1) is 0 Å². The monoisotopic (exact) mass is 402 g/mol. The summed E-state index contributed by atoms with van der Waals surface area (Å²) in [6, 6.07) is 15.3. The molecule has 2 N–H and O–H groups in total. The van der Waals surface area contributed by atoms with E-state index in [1.807, 2.05) is 55.6 Å². The van der Waals surface area contributed by atoms with Crippen molar-refractivity contribution < 1.29 is 4.79 Å². The van der Waals surface area contributed by atoms with Gasteiger partial charge in [-0.05, 0) is 43.6 Å². The van der Waals surface area contributed by atoms with Gasteiger partial charge in [0.15, 0.2) is 5.82 Å². The van der Waals surface area contributed by atoms with Crippen LogP contribution < -0.4 is 10.6 Å². The second-order valence-electron chi connectivity index (χ2n) is 7.33. The molecule has 30 heavy (non-hydrogen) atoms. The minimum Gasteiger partial charge on any atom is -0.373 e. The Balaban J connectivity index is 1.53. The largest absolute Gasteiger partial charge is 0.373 e. The molecule has 1 saturated heterocycles. The molecular formula is C23H26N6O. The van der Waals surface area contributed by atoms with Gasteiger partial charge in [0.25, 0.3) is 0 Å². The van der Waals surface area contributed by atoms with Crippen LogP contribution in [0.1, 0.15) is 30.1 Å². The number of carbonyl (C=O) groups is 1. The first-order valence-corrected chi connectivity index (χ1v) is 10.3. The van der Waals surface area contributed by atoms with E-state index in [4.69, 9.17) is 0 Å². The number of aromatic nitrogens is 3. The SMILES string of the molecule is CNc1cc(CNC(=O)[C@@H](c2ccccc2)N2CCCC2)nc(-c2cccnc2)n1. The molecule has 3 aromatic rings. The third kappa shape index (κ3) is 4.63. The summed E-state index contributed by atoms with van der Waals surface area (Å²) < 4.78 is 0. The maximum atomic E-state index is 13.2. The van der Waals surface area contributed by atoms with Gasteiger partial charge < -0.3 is 10.6 Å². The average molecular weight is 403 g/mol. The lowest BCUT2D eigenvalue weighted by molar-refractivity contribution is -0.126. The molecule has 0 aliphatic carbocycles. The minimum atomic E-state index is -0.280. The Morgan fingerprint density at radius 3 is 2.60 bits per heavy atom. The number of carbonyl (C=O) groups excluding carboxylic acids is 1. The van der Waals surface area contributed by atoms with Crippen LogP contribution >= 0.6 is 0 Å². The molecular weight excluding hydrogens is 376 g/mol. The second kappa shape index (κ2) is 9.45. The zero-order chi connectivity index (χ0) is 20.8. The topological polar surface area (TPSA) is 83.0 Å². The van der Waals surface area contributed by atoms with E-state index >= 15 is 0 Å². The Morgan fingerprint density at radius 2 is 1.90 bits per heavy atom. The van der Waals surface area contributed by atoms with E-state index in [0.29, 0.717) is 18.2 Å². The van der Waals surface area contributed by atoms with Crippen molar-refractivity contribution in [2.75, 3.05) is 25.5 Å². The first kappa shape index (κ1) is 20.0. The molecule has 1 aromatic carbocycles. The number of anilines is 1. The Labute approximate surface area is 176 Å². The van der Waals surface area contributed by atoms with Crippen LogP contribution in [0.2, 0.25) is 0 Å². The molecule has 1 aliphatic heterocycles. The lowest BCUT2D eigenvalue weighted by Gasteiger charge is -2.27. The highest BCUT2D eigenvalue weighted by Crippen LogP contribution is 2.25. The van der Waals surface area contributed by atoms with E-state index < -0.39 is 0 Å². The summed E-state index contributed by atoms with van der Waals surface area (Å²) in [4.78, 5) is 28.7. The normalized spacial score (nSPS) is 15.0. The third-order valence-corrected chi connectivity index (χ3v) is 5.27. The first-order valence-electron chi connectivity index (χ1n) is 10.3. The maximum Gasteiger partial charge on any atom is 0.242 e. The average Bonchev–Trinajstić information content (AvgIpc) is 3.33. The predicted octanol–water partition coefficient (Wildman–Crippen LogP) is 3.03. The molecule has 7 nitrogen and oxygen atoms in total. The lowest BCUT2D eigenvalue weighted by atomic mass is 10.0. The second-order valence-corrected chi connectivity index (χ2v) is 7.33. The number of benzene rings is 1. The van der Waals surface area contributed by atoms with E-state index in [1.54, 1.807) is 12.4 Å². The van der Waals surface area contributed by atoms with Gasteiger partial charge in [0, 0.05) is 31.1 Å². The van der Waals surface area contributed by atoms with E-state index in [2.05, 4.69) is 30.5 Å². The van der Waals surface area contributed by atoms with Crippen molar-refractivity contribution in [3.63, 3.8) is 0 Å². The fraction of sp³-hybridized carbons (Fsp3) is 0.304. The van der Waals surface area contributed by atoms with Crippen LogP contribution in [0.15, 0.2) is 60.9 Å². The van der Waals surface area contributed by atoms with Gasteiger partial charge in [-0.15, -0.1) is 0 Å². The van der Waals surface area contributed by atoms with E-state index in [-0.39, 0.29) is 11.9 Å². The van der Waals surface area contributed by atoms with Gasteiger partial charge in [-0.3, -0.25) is 14.7 Å². The van der Waals surface area contributed by atoms with Crippen molar-refractivity contribution in [1.29, 1.82) is 0 Å². The van der Waals surface area contributed by atoms with Gasteiger partial charge in [0.2, 0.25) is 5.91 Å². The van der Waals surface area contributed by atoms with Crippen LogP contribution in [0.5, 0.6) is 0 Å². The van der Waals surface area contributed by atoms with Crippen molar-refractivity contribution >= 4 is 11.7 Å². The fourth-order valence-electron chi connectivity index (χ4n) is 3.78. The van der Waals surface area contributed by atoms with Gasteiger partial charge in [0.1, 0.15) is 11.9 Å². The number of hydrogen-bond donors (Lipinski definition) is 2. The van der Waals surface area contributed by atoms with Gasteiger partial charge in [0.05, 0.1) is 12.2 Å². The number of rotatable bonds is 7. The Hall–Kier alpha value is -3.32. The molecule has 7 heteroatoms. The van der Waals surface area contributed by atoms with E-state index in [0.717, 1.165) is 42.8 Å². The van der Waals surface area contributed by atoms with Gasteiger partial charge >= 0.3 is 0 Å². The molecule has 3 heterocycles. The lowest BCUT2D eigenvalue weighted by Crippen LogP contribution is -2.39. The number of nitrogens with one attached hydrogen (secondary N) is 2. The smallest absolute Gasteiger partial charge is 0.242 e. The van der Waals surface area contributed by atoms with Crippen LogP contribution in [0.3, 0.4) is 0 Å². The van der Waals surface area contributed by atoms with Crippen LogP contribution in [-0.2, 0) is 11.3 Å². The highest BCUT2D eigenvalue weighted by Gasteiger charge is 2.29. The summed E-state index contributed by atoms with van der Waals surface area (Å²) in [6.45, 7) is 2.21. The molecule has 0 radical (unpaired) electrons. The fourth-order valence-corrected chi connectivity index (χ4v) is 3.78. The summed E-state index contributed by atoms with van der Waals surface area (Å²) >= 11 is 0. The van der Waals surface area contributed by atoms with E-state index in [9.17, 15) is 4.79 Å². The zero-order valence-electron chi connectivity index (χ0n) is 17.1. The molecule has 1 amide bonds. The number of amides is 1. The minimum absolute atomic E-state index is 0.00403. The number of hydrogen-bond acceptors (Lipinski definition) is 6. The Bertz CT molecular complexity index is 973. The summed E-state index contributed by atoms with van der Waals surface area (Å²) in [5.74, 6) is 1.28. The Kier molecular flexibility index (Phi) is 6.29. The molecule has 1 fully saturated rings.